The van der Waals surface area contributed by atoms with E-state index in [2.05, 4.69) is 20.5 Å². The van der Waals surface area contributed by atoms with Crippen LogP contribution in [0.1, 0.15) is 41.4 Å². The third kappa shape index (κ3) is 5.19. The van der Waals surface area contributed by atoms with Gasteiger partial charge in [-0.15, -0.1) is 0 Å². The van der Waals surface area contributed by atoms with Crippen molar-refractivity contribution in [2.75, 3.05) is 12.4 Å². The molecular weight excluding hydrogens is 446 g/mol. The van der Waals surface area contributed by atoms with Gasteiger partial charge >= 0.3 is 5.97 Å². The SMILES string of the molecule is COc1ccc(CNc2nc(-c3ccccc3)c(-c3n[nH]c(=O)cc3C(C)C)nc2C(=O)O)cc1. The molecule has 0 aliphatic rings. The number of H-pyrrole nitrogens is 1. The number of hydrogen-bond donors (Lipinski definition) is 3. The lowest BCUT2D eigenvalue weighted by Gasteiger charge is -2.16. The lowest BCUT2D eigenvalue weighted by Crippen LogP contribution is -2.16. The molecular formula is C26H25N5O4. The zero-order valence-corrected chi connectivity index (χ0v) is 19.6. The van der Waals surface area contributed by atoms with Crippen LogP contribution in [0.25, 0.3) is 22.6 Å². The molecule has 0 aliphatic heterocycles. The fourth-order valence-electron chi connectivity index (χ4n) is 3.65. The minimum absolute atomic E-state index is 0.0497. The number of carboxylic acid groups (broad SMARTS) is 1. The van der Waals surface area contributed by atoms with Crippen molar-refractivity contribution >= 4 is 11.8 Å². The summed E-state index contributed by atoms with van der Waals surface area (Å²) in [4.78, 5) is 33.3. The molecule has 4 aromatic rings. The number of carboxylic acids is 1. The van der Waals surface area contributed by atoms with Crippen molar-refractivity contribution in [2.45, 2.75) is 26.3 Å². The molecule has 0 atom stereocenters. The van der Waals surface area contributed by atoms with Crippen LogP contribution in [0.4, 0.5) is 5.82 Å². The molecule has 4 rings (SSSR count). The van der Waals surface area contributed by atoms with Crippen LogP contribution in [0.15, 0.2) is 65.5 Å². The molecule has 0 unspecified atom stereocenters. The van der Waals surface area contributed by atoms with Crippen LogP contribution in [0.3, 0.4) is 0 Å². The van der Waals surface area contributed by atoms with Gasteiger partial charge in [-0.2, -0.15) is 5.10 Å². The molecule has 0 amide bonds. The Morgan fingerprint density at radius 1 is 1.03 bits per heavy atom. The number of aromatic amines is 1. The molecule has 0 bridgehead atoms. The van der Waals surface area contributed by atoms with E-state index in [1.54, 1.807) is 7.11 Å². The number of carbonyl (C=O) groups is 1. The highest BCUT2D eigenvalue weighted by Gasteiger charge is 2.24. The second-order valence-corrected chi connectivity index (χ2v) is 8.18. The zero-order chi connectivity index (χ0) is 24.9. The van der Waals surface area contributed by atoms with Gasteiger partial charge < -0.3 is 15.2 Å². The molecule has 9 nitrogen and oxygen atoms in total. The van der Waals surface area contributed by atoms with Crippen molar-refractivity contribution in [1.82, 2.24) is 20.2 Å². The molecule has 0 radical (unpaired) electrons. The van der Waals surface area contributed by atoms with E-state index in [1.807, 2.05) is 68.4 Å². The fraction of sp³-hybridized carbons (Fsp3) is 0.192. The van der Waals surface area contributed by atoms with E-state index >= 15 is 0 Å². The number of hydrogen-bond acceptors (Lipinski definition) is 7. The van der Waals surface area contributed by atoms with Gasteiger partial charge in [0.25, 0.3) is 5.56 Å². The maximum absolute atomic E-state index is 12.2. The smallest absolute Gasteiger partial charge is 0.358 e. The third-order valence-electron chi connectivity index (χ3n) is 5.45. The van der Waals surface area contributed by atoms with E-state index in [-0.39, 0.29) is 28.7 Å². The topological polar surface area (TPSA) is 130 Å². The third-order valence-corrected chi connectivity index (χ3v) is 5.45. The monoisotopic (exact) mass is 471 g/mol. The fourth-order valence-corrected chi connectivity index (χ4v) is 3.65. The first-order valence-electron chi connectivity index (χ1n) is 11.0. The van der Waals surface area contributed by atoms with Gasteiger partial charge in [0.05, 0.1) is 7.11 Å². The van der Waals surface area contributed by atoms with E-state index < -0.39 is 5.97 Å². The van der Waals surface area contributed by atoms with E-state index in [0.29, 0.717) is 23.5 Å². The number of anilines is 1. The van der Waals surface area contributed by atoms with Crippen LogP contribution in [0.5, 0.6) is 5.75 Å². The Morgan fingerprint density at radius 3 is 2.37 bits per heavy atom. The largest absolute Gasteiger partial charge is 0.497 e. The van der Waals surface area contributed by atoms with Crippen LogP contribution in [-0.4, -0.2) is 38.4 Å². The van der Waals surface area contributed by atoms with Crippen molar-refractivity contribution in [3.63, 3.8) is 0 Å². The second-order valence-electron chi connectivity index (χ2n) is 8.18. The highest BCUT2D eigenvalue weighted by Crippen LogP contribution is 2.34. The molecule has 9 heteroatoms. The summed E-state index contributed by atoms with van der Waals surface area (Å²) in [6.07, 6.45) is 0. The molecule has 0 aliphatic carbocycles. The van der Waals surface area contributed by atoms with E-state index in [1.165, 1.54) is 6.07 Å². The number of aromatic carboxylic acids is 1. The van der Waals surface area contributed by atoms with Gasteiger partial charge in [-0.1, -0.05) is 56.3 Å². The highest BCUT2D eigenvalue weighted by atomic mass is 16.5. The zero-order valence-electron chi connectivity index (χ0n) is 19.6. The molecule has 2 aromatic heterocycles. The summed E-state index contributed by atoms with van der Waals surface area (Å²) in [6.45, 7) is 4.19. The first-order valence-corrected chi connectivity index (χ1v) is 11.0. The first-order chi connectivity index (χ1) is 16.9. The molecule has 2 aromatic carbocycles. The minimum atomic E-state index is -1.23. The van der Waals surface area contributed by atoms with Gasteiger partial charge in [0, 0.05) is 18.2 Å². The molecule has 0 fully saturated rings. The van der Waals surface area contributed by atoms with Gasteiger partial charge in [-0.25, -0.2) is 19.9 Å². The summed E-state index contributed by atoms with van der Waals surface area (Å²) in [5.74, 6) is -0.422. The lowest BCUT2D eigenvalue weighted by atomic mass is 9.98. The van der Waals surface area contributed by atoms with Crippen LogP contribution >= 0.6 is 0 Å². The number of methoxy groups -OCH3 is 1. The molecule has 3 N–H and O–H groups in total. The van der Waals surface area contributed by atoms with Crippen LogP contribution < -0.4 is 15.6 Å². The standard InChI is InChI=1S/C26H25N5O4/c1-15(2)19-13-20(32)30-31-22(19)23-21(17-7-5-4-6-8-17)29-25(24(28-23)26(33)34)27-14-16-9-11-18(35-3)12-10-16/h4-13,15H,14H2,1-3H3,(H,27,29)(H,30,32)(H,33,34). The summed E-state index contributed by atoms with van der Waals surface area (Å²) in [5, 5.41) is 19.7. The average molecular weight is 472 g/mol. The van der Waals surface area contributed by atoms with Crippen molar-refractivity contribution in [3.05, 3.63) is 87.8 Å². The Bertz CT molecular complexity index is 1400. The highest BCUT2D eigenvalue weighted by molar-refractivity contribution is 5.93. The average Bonchev–Trinajstić information content (AvgIpc) is 2.87. The number of benzene rings is 2. The lowest BCUT2D eigenvalue weighted by molar-refractivity contribution is 0.0691. The molecule has 0 spiro atoms. The Balaban J connectivity index is 1.86. The molecule has 0 saturated heterocycles. The summed E-state index contributed by atoms with van der Waals surface area (Å²) in [6, 6.07) is 18.2. The van der Waals surface area contributed by atoms with Gasteiger partial charge in [0.1, 0.15) is 22.8 Å². The molecule has 2 heterocycles. The van der Waals surface area contributed by atoms with Gasteiger partial charge in [-0.05, 0) is 29.2 Å². The van der Waals surface area contributed by atoms with Crippen molar-refractivity contribution in [3.8, 4) is 28.4 Å². The summed E-state index contributed by atoms with van der Waals surface area (Å²) in [5.41, 5.74) is 2.84. The predicted molar refractivity (Wildman–Crippen MR) is 133 cm³/mol. The summed E-state index contributed by atoms with van der Waals surface area (Å²) < 4.78 is 5.19. The number of rotatable bonds is 8. The van der Waals surface area contributed by atoms with Gasteiger partial charge in [0.2, 0.25) is 0 Å². The van der Waals surface area contributed by atoms with Crippen LogP contribution in [0.2, 0.25) is 0 Å². The van der Waals surface area contributed by atoms with E-state index in [9.17, 15) is 14.7 Å². The van der Waals surface area contributed by atoms with E-state index in [4.69, 9.17) is 9.72 Å². The quantitative estimate of drug-likeness (QED) is 0.346. The summed E-state index contributed by atoms with van der Waals surface area (Å²) in [7, 11) is 1.59. The van der Waals surface area contributed by atoms with Crippen molar-refractivity contribution < 1.29 is 14.6 Å². The van der Waals surface area contributed by atoms with Crippen LogP contribution in [0, 0.1) is 0 Å². The maximum atomic E-state index is 12.2. The maximum Gasteiger partial charge on any atom is 0.358 e. The van der Waals surface area contributed by atoms with Crippen molar-refractivity contribution in [2.24, 2.45) is 0 Å². The molecule has 0 saturated carbocycles. The van der Waals surface area contributed by atoms with E-state index in [0.717, 1.165) is 16.9 Å². The van der Waals surface area contributed by atoms with Crippen LogP contribution in [-0.2, 0) is 6.54 Å². The molecule has 178 valence electrons. The Kier molecular flexibility index (Phi) is 6.86. The normalized spacial score (nSPS) is 10.9. The number of nitrogens with zero attached hydrogens (tertiary/aromatic N) is 3. The minimum Gasteiger partial charge on any atom is -0.497 e. The summed E-state index contributed by atoms with van der Waals surface area (Å²) >= 11 is 0. The molecule has 35 heavy (non-hydrogen) atoms. The number of aromatic nitrogens is 4. The first kappa shape index (κ1) is 23.6. The van der Waals surface area contributed by atoms with Gasteiger partial charge in [0.15, 0.2) is 11.5 Å². The Hall–Kier alpha value is -4.53. The number of ether oxygens (including phenoxy) is 1. The van der Waals surface area contributed by atoms with Crippen molar-refractivity contribution in [1.29, 1.82) is 0 Å². The Morgan fingerprint density at radius 2 is 1.74 bits per heavy atom. The second kappa shape index (κ2) is 10.2. The predicted octanol–water partition coefficient (Wildman–Crippen LogP) is 4.34. The Labute approximate surface area is 201 Å². The van der Waals surface area contributed by atoms with Gasteiger partial charge in [-0.3, -0.25) is 4.79 Å². The number of nitrogens with one attached hydrogen (secondary N) is 2.